The fraction of sp³-hybridized carbons (Fsp3) is 0.783. The van der Waals surface area contributed by atoms with Gasteiger partial charge in [0.2, 0.25) is 0 Å². The van der Waals surface area contributed by atoms with Crippen LogP contribution in [0.15, 0.2) is 60.8 Å². The smallest absolute Gasteiger partial charge is 0.306 e. The van der Waals surface area contributed by atoms with Gasteiger partial charge in [-0.2, -0.15) is 0 Å². The third kappa shape index (κ3) is 52.1. The summed E-state index contributed by atoms with van der Waals surface area (Å²) in [5.41, 5.74) is 0. The molecule has 0 radical (unpaired) electrons. The summed E-state index contributed by atoms with van der Waals surface area (Å²) >= 11 is 0. The molecular formula is C60H106O6. The van der Waals surface area contributed by atoms with E-state index in [1.165, 1.54) is 148 Å². The molecule has 0 N–H and O–H groups in total. The second-order valence-electron chi connectivity index (χ2n) is 18.8. The summed E-state index contributed by atoms with van der Waals surface area (Å²) in [5.74, 6) is -0.886. The molecular weight excluding hydrogens is 817 g/mol. The molecule has 382 valence electrons. The van der Waals surface area contributed by atoms with Crippen LogP contribution in [0, 0.1) is 0 Å². The minimum Gasteiger partial charge on any atom is -0.462 e. The van der Waals surface area contributed by atoms with Crippen LogP contribution < -0.4 is 0 Å². The zero-order valence-corrected chi connectivity index (χ0v) is 43.7. The number of allylic oxidation sites excluding steroid dienone is 10. The van der Waals surface area contributed by atoms with Gasteiger partial charge in [-0.15, -0.1) is 0 Å². The highest BCUT2D eigenvalue weighted by molar-refractivity contribution is 5.71. The van der Waals surface area contributed by atoms with E-state index in [1.54, 1.807) is 0 Å². The van der Waals surface area contributed by atoms with Crippen molar-refractivity contribution in [2.24, 2.45) is 0 Å². The first-order valence-corrected chi connectivity index (χ1v) is 28.3. The Balaban J connectivity index is 3.94. The summed E-state index contributed by atoms with van der Waals surface area (Å²) in [5, 5.41) is 0. The largest absolute Gasteiger partial charge is 0.462 e. The van der Waals surface area contributed by atoms with Crippen molar-refractivity contribution in [3.05, 3.63) is 60.8 Å². The standard InChI is InChI=1S/C60H106O6/c1-4-7-10-13-16-18-20-21-22-23-24-25-26-27-28-29-30-31-32-33-34-35-36-37-38-39-41-42-44-47-50-53-59(62)65-56-57(55-64-58(61)52-49-46-15-12-9-6-3)66-60(63)54-51-48-45-43-40-19-17-14-11-8-5-2/h7,10,14,16-18,21-22,24-25,57H,4-6,8-9,11-13,15,19-20,23,26-56H2,1-3H3/b10-7-,17-14-,18-16-,22-21-,25-24-. The van der Waals surface area contributed by atoms with Crippen molar-refractivity contribution in [1.29, 1.82) is 0 Å². The lowest BCUT2D eigenvalue weighted by molar-refractivity contribution is -0.167. The maximum Gasteiger partial charge on any atom is 0.306 e. The van der Waals surface area contributed by atoms with E-state index in [-0.39, 0.29) is 31.1 Å². The van der Waals surface area contributed by atoms with Crippen molar-refractivity contribution >= 4 is 17.9 Å². The third-order valence-corrected chi connectivity index (χ3v) is 12.3. The van der Waals surface area contributed by atoms with Crippen LogP contribution in [0.25, 0.3) is 0 Å². The quantitative estimate of drug-likeness (QED) is 0.0262. The minimum absolute atomic E-state index is 0.0741. The lowest BCUT2D eigenvalue weighted by Crippen LogP contribution is -2.30. The fourth-order valence-corrected chi connectivity index (χ4v) is 8.00. The van der Waals surface area contributed by atoms with Gasteiger partial charge < -0.3 is 14.2 Å². The third-order valence-electron chi connectivity index (χ3n) is 12.3. The predicted octanol–water partition coefficient (Wildman–Crippen LogP) is 18.8. The van der Waals surface area contributed by atoms with Crippen molar-refractivity contribution in [3.8, 4) is 0 Å². The Bertz CT molecular complexity index is 1200. The Morgan fingerprint density at radius 3 is 0.985 bits per heavy atom. The SMILES string of the molecule is CC/C=C\C/C=C\C/C=C\C/C=C\CCCCCCCCCCCCCCCCCCCCC(=O)OCC(COC(=O)CCCCCCCC)OC(=O)CCCCCCC/C=C\CCCC. The molecule has 0 aromatic heterocycles. The summed E-state index contributed by atoms with van der Waals surface area (Å²) in [6.07, 6.45) is 68.4. The Hall–Kier alpha value is -2.89. The van der Waals surface area contributed by atoms with Gasteiger partial charge >= 0.3 is 17.9 Å². The van der Waals surface area contributed by atoms with Crippen molar-refractivity contribution in [2.45, 2.75) is 290 Å². The summed E-state index contributed by atoms with van der Waals surface area (Å²) in [6, 6.07) is 0. The van der Waals surface area contributed by atoms with Gasteiger partial charge in [0.25, 0.3) is 0 Å². The Kier molecular flexibility index (Phi) is 52.3. The van der Waals surface area contributed by atoms with Crippen molar-refractivity contribution in [3.63, 3.8) is 0 Å². The number of carbonyl (C=O) groups excluding carboxylic acids is 3. The van der Waals surface area contributed by atoms with Crippen LogP contribution in [0.4, 0.5) is 0 Å². The zero-order valence-electron chi connectivity index (χ0n) is 43.7. The molecule has 0 heterocycles. The van der Waals surface area contributed by atoms with E-state index in [0.29, 0.717) is 19.3 Å². The van der Waals surface area contributed by atoms with Crippen LogP contribution in [-0.2, 0) is 28.6 Å². The lowest BCUT2D eigenvalue weighted by Gasteiger charge is -2.18. The highest BCUT2D eigenvalue weighted by atomic mass is 16.6. The Morgan fingerprint density at radius 1 is 0.318 bits per heavy atom. The van der Waals surface area contributed by atoms with Crippen molar-refractivity contribution < 1.29 is 28.6 Å². The molecule has 0 aromatic rings. The molecule has 6 nitrogen and oxygen atoms in total. The second kappa shape index (κ2) is 54.7. The number of hydrogen-bond acceptors (Lipinski definition) is 6. The molecule has 0 aliphatic carbocycles. The van der Waals surface area contributed by atoms with Crippen LogP contribution in [0.5, 0.6) is 0 Å². The van der Waals surface area contributed by atoms with E-state index in [4.69, 9.17) is 14.2 Å². The molecule has 0 bridgehead atoms. The van der Waals surface area contributed by atoms with Crippen LogP contribution in [-0.4, -0.2) is 37.2 Å². The maximum atomic E-state index is 12.7. The first-order chi connectivity index (χ1) is 32.5. The number of esters is 3. The van der Waals surface area contributed by atoms with Crippen LogP contribution in [0.2, 0.25) is 0 Å². The van der Waals surface area contributed by atoms with Gasteiger partial charge in [-0.3, -0.25) is 14.4 Å². The number of unbranched alkanes of at least 4 members (excludes halogenated alkanes) is 30. The average molecular weight is 924 g/mol. The monoisotopic (exact) mass is 923 g/mol. The molecule has 0 aromatic carbocycles. The first kappa shape index (κ1) is 63.1. The summed E-state index contributed by atoms with van der Waals surface area (Å²) in [6.45, 7) is 6.43. The van der Waals surface area contributed by atoms with E-state index >= 15 is 0 Å². The molecule has 0 aliphatic heterocycles. The molecule has 0 fully saturated rings. The summed E-state index contributed by atoms with van der Waals surface area (Å²) < 4.78 is 16.7. The molecule has 0 aliphatic rings. The van der Waals surface area contributed by atoms with E-state index in [9.17, 15) is 14.4 Å². The molecule has 0 amide bonds. The molecule has 1 unspecified atom stereocenters. The van der Waals surface area contributed by atoms with Crippen molar-refractivity contribution in [1.82, 2.24) is 0 Å². The molecule has 6 heteroatoms. The van der Waals surface area contributed by atoms with Gasteiger partial charge in [-0.1, -0.05) is 248 Å². The van der Waals surface area contributed by atoms with Gasteiger partial charge in [0.1, 0.15) is 13.2 Å². The van der Waals surface area contributed by atoms with E-state index in [2.05, 4.69) is 81.5 Å². The molecule has 0 spiro atoms. The number of hydrogen-bond donors (Lipinski definition) is 0. The minimum atomic E-state index is -0.771. The van der Waals surface area contributed by atoms with E-state index < -0.39 is 6.10 Å². The highest BCUT2D eigenvalue weighted by Gasteiger charge is 2.19. The van der Waals surface area contributed by atoms with Gasteiger partial charge in [-0.05, 0) is 77.0 Å². The van der Waals surface area contributed by atoms with Crippen LogP contribution >= 0.6 is 0 Å². The second-order valence-corrected chi connectivity index (χ2v) is 18.8. The number of carbonyl (C=O) groups is 3. The summed E-state index contributed by atoms with van der Waals surface area (Å²) in [7, 11) is 0. The van der Waals surface area contributed by atoms with Gasteiger partial charge in [-0.25, -0.2) is 0 Å². The van der Waals surface area contributed by atoms with Crippen molar-refractivity contribution in [2.75, 3.05) is 13.2 Å². The Labute approximate surface area is 409 Å². The van der Waals surface area contributed by atoms with Crippen LogP contribution in [0.1, 0.15) is 284 Å². The zero-order chi connectivity index (χ0) is 47.9. The summed E-state index contributed by atoms with van der Waals surface area (Å²) in [4.78, 5) is 37.7. The number of ether oxygens (including phenoxy) is 3. The van der Waals surface area contributed by atoms with Crippen LogP contribution in [0.3, 0.4) is 0 Å². The molecule has 1 atom stereocenters. The average Bonchev–Trinajstić information content (AvgIpc) is 3.31. The normalized spacial score (nSPS) is 12.5. The fourth-order valence-electron chi connectivity index (χ4n) is 8.00. The highest BCUT2D eigenvalue weighted by Crippen LogP contribution is 2.16. The molecule has 0 saturated carbocycles. The van der Waals surface area contributed by atoms with E-state index in [0.717, 1.165) is 96.3 Å². The topological polar surface area (TPSA) is 78.9 Å². The predicted molar refractivity (Wildman–Crippen MR) is 284 cm³/mol. The lowest BCUT2D eigenvalue weighted by atomic mass is 10.0. The maximum absolute atomic E-state index is 12.7. The van der Waals surface area contributed by atoms with E-state index in [1.807, 2.05) is 0 Å². The molecule has 66 heavy (non-hydrogen) atoms. The molecule has 0 saturated heterocycles. The van der Waals surface area contributed by atoms with Gasteiger partial charge in [0.15, 0.2) is 6.10 Å². The first-order valence-electron chi connectivity index (χ1n) is 28.3. The number of rotatable bonds is 51. The molecule has 0 rings (SSSR count). The van der Waals surface area contributed by atoms with Gasteiger partial charge in [0.05, 0.1) is 0 Å². The van der Waals surface area contributed by atoms with Gasteiger partial charge in [0, 0.05) is 19.3 Å². The Morgan fingerprint density at radius 2 is 0.606 bits per heavy atom.